The van der Waals surface area contributed by atoms with Crippen LogP contribution in [0.3, 0.4) is 0 Å². The van der Waals surface area contributed by atoms with Crippen molar-refractivity contribution in [1.29, 1.82) is 0 Å². The standard InChI is InChI=1S/C17H13BrFN3OS2/c18-13-8-4-7-12(15(13)19)9-14(23)20-16-21-22-17(25-16)24-10-11-5-2-1-3-6-11/h1-8H,9-10H2,(H,20,21,23). The molecule has 1 aromatic heterocycles. The fraction of sp³-hybridized carbons (Fsp3) is 0.118. The number of amides is 1. The van der Waals surface area contributed by atoms with Crippen LogP contribution < -0.4 is 5.32 Å². The van der Waals surface area contributed by atoms with E-state index in [1.807, 2.05) is 30.3 Å². The van der Waals surface area contributed by atoms with Gasteiger partial charge in [-0.2, -0.15) is 0 Å². The third kappa shape index (κ3) is 5.10. The predicted molar refractivity (Wildman–Crippen MR) is 102 cm³/mol. The lowest BCUT2D eigenvalue weighted by Crippen LogP contribution is -2.15. The number of halogens is 2. The summed E-state index contributed by atoms with van der Waals surface area (Å²) >= 11 is 5.97. The molecule has 0 saturated heterocycles. The highest BCUT2D eigenvalue weighted by molar-refractivity contribution is 9.10. The molecule has 0 bridgehead atoms. The van der Waals surface area contributed by atoms with Gasteiger partial charge in [0, 0.05) is 5.75 Å². The Kier molecular flexibility index (Phi) is 6.17. The number of carbonyl (C=O) groups excluding carboxylic acids is 1. The van der Waals surface area contributed by atoms with Gasteiger partial charge in [0.2, 0.25) is 11.0 Å². The van der Waals surface area contributed by atoms with Crippen LogP contribution in [0.25, 0.3) is 0 Å². The molecule has 4 nitrogen and oxygen atoms in total. The number of nitrogens with one attached hydrogen (secondary N) is 1. The zero-order valence-electron chi connectivity index (χ0n) is 12.9. The second-order valence-electron chi connectivity index (χ2n) is 5.09. The monoisotopic (exact) mass is 437 g/mol. The number of aromatic nitrogens is 2. The van der Waals surface area contributed by atoms with Crippen LogP contribution >= 0.6 is 39.0 Å². The van der Waals surface area contributed by atoms with Gasteiger partial charge in [-0.1, -0.05) is 65.6 Å². The van der Waals surface area contributed by atoms with Crippen LogP contribution in [0.2, 0.25) is 0 Å². The van der Waals surface area contributed by atoms with Crippen LogP contribution in [0.1, 0.15) is 11.1 Å². The molecule has 0 aliphatic rings. The van der Waals surface area contributed by atoms with E-state index in [1.54, 1.807) is 30.0 Å². The third-order valence-electron chi connectivity index (χ3n) is 3.24. The molecule has 0 saturated carbocycles. The van der Waals surface area contributed by atoms with Crippen LogP contribution in [0, 0.1) is 5.82 Å². The molecule has 0 radical (unpaired) electrons. The van der Waals surface area contributed by atoms with Crippen molar-refractivity contribution in [1.82, 2.24) is 10.2 Å². The summed E-state index contributed by atoms with van der Waals surface area (Å²) in [6.45, 7) is 0. The quantitative estimate of drug-likeness (QED) is 0.439. The van der Waals surface area contributed by atoms with E-state index in [1.165, 1.54) is 16.9 Å². The van der Waals surface area contributed by atoms with Crippen LogP contribution in [-0.4, -0.2) is 16.1 Å². The second-order valence-corrected chi connectivity index (χ2v) is 8.14. The number of hydrogen-bond donors (Lipinski definition) is 1. The Morgan fingerprint density at radius 2 is 1.96 bits per heavy atom. The fourth-order valence-corrected chi connectivity index (χ4v) is 4.19. The van der Waals surface area contributed by atoms with E-state index < -0.39 is 5.82 Å². The maximum Gasteiger partial charge on any atom is 0.230 e. The summed E-state index contributed by atoms with van der Waals surface area (Å²) in [4.78, 5) is 12.1. The van der Waals surface area contributed by atoms with Crippen molar-refractivity contribution >= 4 is 50.1 Å². The Bertz CT molecular complexity index is 873. The van der Waals surface area contributed by atoms with Crippen LogP contribution in [0.15, 0.2) is 57.3 Å². The van der Waals surface area contributed by atoms with Gasteiger partial charge >= 0.3 is 0 Å². The summed E-state index contributed by atoms with van der Waals surface area (Å²) in [5.41, 5.74) is 1.52. The molecule has 1 heterocycles. The summed E-state index contributed by atoms with van der Waals surface area (Å²) in [5, 5.41) is 11.1. The molecule has 3 aromatic rings. The molecular weight excluding hydrogens is 425 g/mol. The van der Waals surface area contributed by atoms with E-state index >= 15 is 0 Å². The molecular formula is C17H13BrFN3OS2. The van der Waals surface area contributed by atoms with Crippen molar-refractivity contribution in [3.8, 4) is 0 Å². The van der Waals surface area contributed by atoms with E-state index in [-0.39, 0.29) is 12.3 Å². The molecule has 0 unspecified atom stereocenters. The molecule has 25 heavy (non-hydrogen) atoms. The first-order valence-corrected chi connectivity index (χ1v) is 9.94. The summed E-state index contributed by atoms with van der Waals surface area (Å²) < 4.78 is 15.0. The van der Waals surface area contributed by atoms with E-state index in [9.17, 15) is 9.18 Å². The number of rotatable bonds is 6. The highest BCUT2D eigenvalue weighted by Gasteiger charge is 2.13. The van der Waals surface area contributed by atoms with Gasteiger partial charge in [-0.05, 0) is 33.1 Å². The van der Waals surface area contributed by atoms with Gasteiger partial charge in [-0.25, -0.2) is 4.39 Å². The highest BCUT2D eigenvalue weighted by atomic mass is 79.9. The number of benzene rings is 2. The van der Waals surface area contributed by atoms with E-state index in [2.05, 4.69) is 31.4 Å². The van der Waals surface area contributed by atoms with Crippen LogP contribution in [-0.2, 0) is 17.0 Å². The lowest BCUT2D eigenvalue weighted by atomic mass is 10.1. The Hall–Kier alpha value is -1.77. The number of anilines is 1. The van der Waals surface area contributed by atoms with Crippen molar-refractivity contribution in [3.63, 3.8) is 0 Å². The SMILES string of the molecule is O=C(Cc1cccc(Br)c1F)Nc1nnc(SCc2ccccc2)s1. The predicted octanol–water partition coefficient (Wildman–Crippen LogP) is 4.91. The van der Waals surface area contributed by atoms with E-state index in [0.29, 0.717) is 15.2 Å². The summed E-state index contributed by atoms with van der Waals surface area (Å²) in [7, 11) is 0. The number of nitrogens with zero attached hydrogens (tertiary/aromatic N) is 2. The Labute approximate surface area is 161 Å². The molecule has 0 atom stereocenters. The Morgan fingerprint density at radius 3 is 2.76 bits per heavy atom. The first-order chi connectivity index (χ1) is 12.1. The third-order valence-corrected chi connectivity index (χ3v) is 5.90. The molecule has 3 rings (SSSR count). The summed E-state index contributed by atoms with van der Waals surface area (Å²) in [5.74, 6) is 0.0360. The zero-order valence-corrected chi connectivity index (χ0v) is 16.1. The normalized spacial score (nSPS) is 10.6. The molecule has 0 aliphatic heterocycles. The van der Waals surface area contributed by atoms with Gasteiger partial charge in [0.05, 0.1) is 10.9 Å². The number of carbonyl (C=O) groups is 1. The van der Waals surface area contributed by atoms with Crippen molar-refractivity contribution < 1.29 is 9.18 Å². The molecule has 2 aromatic carbocycles. The van der Waals surface area contributed by atoms with Gasteiger partial charge in [0.1, 0.15) is 5.82 Å². The molecule has 128 valence electrons. The average molecular weight is 438 g/mol. The Morgan fingerprint density at radius 1 is 1.16 bits per heavy atom. The van der Waals surface area contributed by atoms with Crippen LogP contribution in [0.5, 0.6) is 0 Å². The molecule has 8 heteroatoms. The maximum atomic E-state index is 13.9. The van der Waals surface area contributed by atoms with Crippen LogP contribution in [0.4, 0.5) is 9.52 Å². The molecule has 0 aliphatic carbocycles. The zero-order chi connectivity index (χ0) is 17.6. The van der Waals surface area contributed by atoms with Crippen molar-refractivity contribution in [2.24, 2.45) is 0 Å². The highest BCUT2D eigenvalue weighted by Crippen LogP contribution is 2.28. The van der Waals surface area contributed by atoms with Crippen molar-refractivity contribution in [2.45, 2.75) is 16.5 Å². The lowest BCUT2D eigenvalue weighted by Gasteiger charge is -2.04. The van der Waals surface area contributed by atoms with Gasteiger partial charge in [-0.3, -0.25) is 4.79 Å². The van der Waals surface area contributed by atoms with Gasteiger partial charge in [-0.15, -0.1) is 10.2 Å². The minimum Gasteiger partial charge on any atom is -0.300 e. The summed E-state index contributed by atoms with van der Waals surface area (Å²) in [6.07, 6.45) is -0.0582. The smallest absolute Gasteiger partial charge is 0.230 e. The minimum atomic E-state index is -0.422. The Balaban J connectivity index is 1.55. The lowest BCUT2D eigenvalue weighted by molar-refractivity contribution is -0.115. The van der Waals surface area contributed by atoms with Crippen molar-refractivity contribution in [2.75, 3.05) is 5.32 Å². The maximum absolute atomic E-state index is 13.9. The minimum absolute atomic E-state index is 0.0582. The largest absolute Gasteiger partial charge is 0.300 e. The number of hydrogen-bond acceptors (Lipinski definition) is 5. The molecule has 1 amide bonds. The van der Waals surface area contributed by atoms with Gasteiger partial charge < -0.3 is 5.32 Å². The topological polar surface area (TPSA) is 54.9 Å². The first kappa shape index (κ1) is 18.0. The van der Waals surface area contributed by atoms with E-state index in [4.69, 9.17) is 0 Å². The molecule has 1 N–H and O–H groups in total. The number of thioether (sulfide) groups is 1. The molecule has 0 fully saturated rings. The first-order valence-electron chi connectivity index (χ1n) is 7.35. The fourth-order valence-electron chi connectivity index (χ4n) is 2.06. The summed E-state index contributed by atoms with van der Waals surface area (Å²) in [6, 6.07) is 14.9. The molecule has 0 spiro atoms. The van der Waals surface area contributed by atoms with E-state index in [0.717, 1.165) is 10.1 Å². The second kappa shape index (κ2) is 8.55. The van der Waals surface area contributed by atoms with Crippen molar-refractivity contribution in [3.05, 3.63) is 69.9 Å². The van der Waals surface area contributed by atoms with Gasteiger partial charge in [0.25, 0.3) is 0 Å². The average Bonchev–Trinajstić information content (AvgIpc) is 3.05. The van der Waals surface area contributed by atoms with Gasteiger partial charge in [0.15, 0.2) is 4.34 Å².